The van der Waals surface area contributed by atoms with Gasteiger partial charge in [-0.2, -0.15) is 8.78 Å². The van der Waals surface area contributed by atoms with Crippen molar-refractivity contribution >= 4 is 27.3 Å². The molecule has 0 saturated carbocycles. The van der Waals surface area contributed by atoms with E-state index < -0.39 is 28.2 Å². The number of hydrogen-bond donors (Lipinski definition) is 0. The highest BCUT2D eigenvalue weighted by Crippen LogP contribution is 2.27. The summed E-state index contributed by atoms with van der Waals surface area (Å²) >= 11 is 5.91. The molecule has 28 heavy (non-hydrogen) atoms. The molecule has 1 heterocycles. The largest absolute Gasteiger partial charge is 0.415 e. The van der Waals surface area contributed by atoms with Crippen molar-refractivity contribution in [2.75, 3.05) is 10.6 Å². The molecule has 1 aromatic heterocycles. The van der Waals surface area contributed by atoms with E-state index in [1.54, 1.807) is 12.1 Å². The first-order valence-corrected chi connectivity index (χ1v) is 10.0. The molecule has 0 bridgehead atoms. The molecule has 0 unspecified atom stereocenters. The molecule has 2 aromatic carbocycles. The Labute approximate surface area is 163 Å². The summed E-state index contributed by atoms with van der Waals surface area (Å²) in [6, 6.07) is 9.84. The van der Waals surface area contributed by atoms with Gasteiger partial charge in [0.1, 0.15) is 5.82 Å². The average molecular weight is 432 g/mol. The number of halogens is 4. The zero-order chi connectivity index (χ0) is 20.5. The molecule has 3 aromatic rings. The predicted molar refractivity (Wildman–Crippen MR) is 97.1 cm³/mol. The Balaban J connectivity index is 1.92. The Morgan fingerprint density at radius 3 is 2.50 bits per heavy atom. The Morgan fingerprint density at radius 2 is 1.93 bits per heavy atom. The minimum absolute atomic E-state index is 0.0581. The summed E-state index contributed by atoms with van der Waals surface area (Å²) in [5.41, 5.74) is 0.425. The zero-order valence-electron chi connectivity index (χ0n) is 14.3. The van der Waals surface area contributed by atoms with Crippen LogP contribution in [0.2, 0.25) is 5.02 Å². The number of hydrogen-bond acceptors (Lipinski definition) is 5. The molecule has 0 aliphatic heterocycles. The van der Waals surface area contributed by atoms with E-state index in [0.29, 0.717) is 5.02 Å². The Bertz CT molecular complexity index is 1110. The first-order chi connectivity index (χ1) is 13.1. The lowest BCUT2D eigenvalue weighted by Gasteiger charge is -2.23. The monoisotopic (exact) mass is 431 g/mol. The number of rotatable bonds is 6. The van der Waals surface area contributed by atoms with Gasteiger partial charge in [-0.15, -0.1) is 10.2 Å². The first-order valence-electron chi connectivity index (χ1n) is 7.79. The second-order valence-corrected chi connectivity index (χ2v) is 8.15. The number of anilines is 1. The van der Waals surface area contributed by atoms with E-state index in [1.807, 2.05) is 0 Å². The van der Waals surface area contributed by atoms with Crippen LogP contribution in [0, 0.1) is 5.82 Å². The average Bonchev–Trinajstić information content (AvgIpc) is 3.10. The van der Waals surface area contributed by atoms with Crippen LogP contribution in [0.3, 0.4) is 0 Å². The highest BCUT2D eigenvalue weighted by molar-refractivity contribution is 7.92. The SMILES string of the molecule is CS(=O)(=O)N(Cc1ccc(-c2nnc(C(F)F)o2)cc1F)c1cccc(Cl)c1. The topological polar surface area (TPSA) is 76.3 Å². The highest BCUT2D eigenvalue weighted by Gasteiger charge is 2.21. The number of nitrogens with zero attached hydrogens (tertiary/aromatic N) is 3. The molecule has 0 radical (unpaired) electrons. The van der Waals surface area contributed by atoms with Crippen LogP contribution in [-0.4, -0.2) is 24.9 Å². The van der Waals surface area contributed by atoms with E-state index in [2.05, 4.69) is 10.2 Å². The van der Waals surface area contributed by atoms with Crippen molar-refractivity contribution in [1.82, 2.24) is 10.2 Å². The van der Waals surface area contributed by atoms with Gasteiger partial charge in [-0.25, -0.2) is 12.8 Å². The van der Waals surface area contributed by atoms with Crippen LogP contribution in [0.5, 0.6) is 0 Å². The third-order valence-corrected chi connectivity index (χ3v) is 5.11. The van der Waals surface area contributed by atoms with Crippen molar-refractivity contribution in [1.29, 1.82) is 0 Å². The second kappa shape index (κ2) is 7.80. The molecule has 0 fully saturated rings. The van der Waals surface area contributed by atoms with Crippen LogP contribution in [0.1, 0.15) is 17.9 Å². The van der Waals surface area contributed by atoms with Gasteiger partial charge in [-0.05, 0) is 30.3 Å². The molecule has 3 rings (SSSR count). The second-order valence-electron chi connectivity index (χ2n) is 5.80. The Hall–Kier alpha value is -2.59. The molecule has 148 valence electrons. The van der Waals surface area contributed by atoms with Crippen LogP contribution in [0.15, 0.2) is 46.9 Å². The molecule has 0 N–H and O–H groups in total. The third-order valence-electron chi connectivity index (χ3n) is 3.74. The summed E-state index contributed by atoms with van der Waals surface area (Å²) in [6.07, 6.45) is -1.95. The molecule has 11 heteroatoms. The fraction of sp³-hybridized carbons (Fsp3) is 0.176. The van der Waals surface area contributed by atoms with E-state index in [9.17, 15) is 21.6 Å². The van der Waals surface area contributed by atoms with E-state index >= 15 is 0 Å². The molecule has 0 aliphatic carbocycles. The molecular weight excluding hydrogens is 419 g/mol. The van der Waals surface area contributed by atoms with Gasteiger partial charge in [0.25, 0.3) is 5.89 Å². The van der Waals surface area contributed by atoms with Crippen LogP contribution >= 0.6 is 11.6 Å². The van der Waals surface area contributed by atoms with Crippen molar-refractivity contribution < 1.29 is 26.0 Å². The maximum absolute atomic E-state index is 14.6. The summed E-state index contributed by atoms with van der Waals surface area (Å²) in [5, 5.41) is 6.96. The minimum Gasteiger partial charge on any atom is -0.415 e. The van der Waals surface area contributed by atoms with Gasteiger partial charge in [0.05, 0.1) is 18.5 Å². The van der Waals surface area contributed by atoms with Crippen molar-refractivity contribution in [3.8, 4) is 11.5 Å². The van der Waals surface area contributed by atoms with Crippen LogP contribution in [0.25, 0.3) is 11.5 Å². The molecular formula is C17H13ClF3N3O3S. The van der Waals surface area contributed by atoms with Crippen molar-refractivity contribution in [3.05, 3.63) is 64.8 Å². The van der Waals surface area contributed by atoms with Gasteiger partial charge in [-0.1, -0.05) is 23.7 Å². The smallest absolute Gasteiger partial charge is 0.314 e. The maximum atomic E-state index is 14.6. The molecule has 0 aliphatic rings. The third kappa shape index (κ3) is 4.45. The molecule has 0 saturated heterocycles. The number of aromatic nitrogens is 2. The molecule has 0 spiro atoms. The van der Waals surface area contributed by atoms with E-state index in [0.717, 1.165) is 16.6 Å². The van der Waals surface area contributed by atoms with E-state index in [4.69, 9.17) is 16.0 Å². The van der Waals surface area contributed by atoms with Gasteiger partial charge in [-0.3, -0.25) is 4.31 Å². The van der Waals surface area contributed by atoms with Gasteiger partial charge < -0.3 is 4.42 Å². The van der Waals surface area contributed by atoms with Crippen LogP contribution in [-0.2, 0) is 16.6 Å². The van der Waals surface area contributed by atoms with Gasteiger partial charge in [0.2, 0.25) is 15.9 Å². The molecule has 0 atom stereocenters. The summed E-state index contributed by atoms with van der Waals surface area (Å²) < 4.78 is 69.8. The molecule has 0 amide bonds. The van der Waals surface area contributed by atoms with Crippen molar-refractivity contribution in [2.24, 2.45) is 0 Å². The van der Waals surface area contributed by atoms with Crippen molar-refractivity contribution in [3.63, 3.8) is 0 Å². The molecule has 6 nitrogen and oxygen atoms in total. The number of benzene rings is 2. The summed E-state index contributed by atoms with van der Waals surface area (Å²) in [7, 11) is -3.73. The summed E-state index contributed by atoms with van der Waals surface area (Å²) in [4.78, 5) is 0. The number of alkyl halides is 2. The fourth-order valence-electron chi connectivity index (χ4n) is 2.43. The van der Waals surface area contributed by atoms with Gasteiger partial charge in [0, 0.05) is 16.1 Å². The number of sulfonamides is 1. The fourth-order valence-corrected chi connectivity index (χ4v) is 3.49. The van der Waals surface area contributed by atoms with E-state index in [-0.39, 0.29) is 29.2 Å². The van der Waals surface area contributed by atoms with Crippen LogP contribution in [0.4, 0.5) is 18.9 Å². The van der Waals surface area contributed by atoms with Gasteiger partial charge >= 0.3 is 6.43 Å². The lowest BCUT2D eigenvalue weighted by Crippen LogP contribution is -2.29. The van der Waals surface area contributed by atoms with Crippen molar-refractivity contribution in [2.45, 2.75) is 13.0 Å². The lowest BCUT2D eigenvalue weighted by atomic mass is 10.1. The van der Waals surface area contributed by atoms with Crippen LogP contribution < -0.4 is 4.31 Å². The van der Waals surface area contributed by atoms with Gasteiger partial charge in [0.15, 0.2) is 0 Å². The minimum atomic E-state index is -3.73. The standard InChI is InChI=1S/C17H13ClF3N3O3S/c1-28(25,26)24(13-4-2-3-12(18)8-13)9-11-6-5-10(7-14(11)19)16-22-23-17(27-16)15(20)21/h2-8,15H,9H2,1H3. The Kier molecular flexibility index (Phi) is 5.61. The highest BCUT2D eigenvalue weighted by atomic mass is 35.5. The predicted octanol–water partition coefficient (Wildman–Crippen LogP) is 4.43. The first kappa shape index (κ1) is 20.2. The normalized spacial score (nSPS) is 11.8. The quantitative estimate of drug-likeness (QED) is 0.577. The van der Waals surface area contributed by atoms with E-state index in [1.165, 1.54) is 24.3 Å². The lowest BCUT2D eigenvalue weighted by molar-refractivity contribution is 0.116. The summed E-state index contributed by atoms with van der Waals surface area (Å²) in [6.45, 7) is -0.294. The summed E-state index contributed by atoms with van der Waals surface area (Å²) in [5.74, 6) is -1.90. The maximum Gasteiger partial charge on any atom is 0.314 e. The zero-order valence-corrected chi connectivity index (χ0v) is 15.9. The Morgan fingerprint density at radius 1 is 1.18 bits per heavy atom.